The third-order valence-electron chi connectivity index (χ3n) is 5.09. The molecule has 0 atom stereocenters. The Kier molecular flexibility index (Phi) is 5.09. The van der Waals surface area contributed by atoms with Gasteiger partial charge in [0.05, 0.1) is 5.57 Å². The minimum Gasteiger partial charge on any atom is -0.370 e. The fourth-order valence-electron chi connectivity index (χ4n) is 3.43. The van der Waals surface area contributed by atoms with Crippen LogP contribution in [0.5, 0.6) is 0 Å². The van der Waals surface area contributed by atoms with E-state index in [1.54, 1.807) is 12.0 Å². The Hall–Kier alpha value is -3.00. The lowest BCUT2D eigenvalue weighted by molar-refractivity contribution is 0.566. The normalized spacial score (nSPS) is 17.4. The average Bonchev–Trinajstić information content (AvgIpc) is 3.41. The number of halogens is 1. The minimum absolute atomic E-state index is 0.0316. The van der Waals surface area contributed by atoms with Gasteiger partial charge >= 0.3 is 0 Å². The molecule has 0 bridgehead atoms. The van der Waals surface area contributed by atoms with Gasteiger partial charge in [-0.15, -0.1) is 0 Å². The molecule has 1 heterocycles. The molecule has 1 aromatic carbocycles. The molecule has 0 saturated heterocycles. The monoisotopic (exact) mass is 381 g/mol. The highest BCUT2D eigenvalue weighted by atomic mass is 35.5. The molecule has 2 aliphatic rings. The molecule has 0 aromatic heterocycles. The zero-order chi connectivity index (χ0) is 19.6. The van der Waals surface area contributed by atoms with E-state index in [-0.39, 0.29) is 22.6 Å². The van der Waals surface area contributed by atoms with Gasteiger partial charge in [0.25, 0.3) is 0 Å². The number of nitrogens with two attached hydrogens (primary N) is 2. The van der Waals surface area contributed by atoms with Gasteiger partial charge in [-0.3, -0.25) is 4.99 Å². The highest BCUT2D eigenvalue weighted by Gasteiger charge is 2.44. The molecule has 1 saturated carbocycles. The lowest BCUT2D eigenvalue weighted by Gasteiger charge is -2.20. The van der Waals surface area contributed by atoms with Crippen LogP contribution in [0.2, 0.25) is 5.02 Å². The fraction of sp³-hybridized carbons (Fsp3) is 0.300. The third kappa shape index (κ3) is 3.75. The number of benzene rings is 1. The van der Waals surface area contributed by atoms with Crippen LogP contribution in [0.15, 0.2) is 46.2 Å². The summed E-state index contributed by atoms with van der Waals surface area (Å²) in [7, 11) is 0. The Morgan fingerprint density at radius 1 is 1.41 bits per heavy atom. The predicted octanol–water partition coefficient (Wildman–Crippen LogP) is 2.53. The van der Waals surface area contributed by atoms with Crippen LogP contribution in [0.3, 0.4) is 0 Å². The van der Waals surface area contributed by atoms with E-state index >= 15 is 0 Å². The summed E-state index contributed by atoms with van der Waals surface area (Å²) in [6, 6.07) is 7.94. The van der Waals surface area contributed by atoms with E-state index in [1.807, 2.05) is 31.2 Å². The standard InChI is InChI=1S/C20H20ClN5O/c1-12-15(8-14(10-22)18(11-27)26-12)13-2-3-16(17(21)9-13)20(4-5-20)6-7-25-19(23)24/h2-3,8-9,26H,4-7H2,1H3,(H4,23,24,25). The maximum absolute atomic E-state index is 11.0. The van der Waals surface area contributed by atoms with Crippen LogP contribution in [0.1, 0.15) is 37.3 Å². The van der Waals surface area contributed by atoms with Gasteiger partial charge in [-0.1, -0.05) is 23.7 Å². The summed E-state index contributed by atoms with van der Waals surface area (Å²) in [4.78, 5) is 15.1. The lowest BCUT2D eigenvalue weighted by Crippen LogP contribution is -2.23. The number of dihydropyridines is 1. The Morgan fingerprint density at radius 3 is 2.70 bits per heavy atom. The molecule has 0 spiro atoms. The number of guanidine groups is 1. The van der Waals surface area contributed by atoms with E-state index in [1.165, 1.54) is 0 Å². The van der Waals surface area contributed by atoms with Gasteiger partial charge in [0, 0.05) is 22.8 Å². The van der Waals surface area contributed by atoms with Gasteiger partial charge in [0.1, 0.15) is 11.8 Å². The first-order valence-corrected chi connectivity index (χ1v) is 8.99. The van der Waals surface area contributed by atoms with Crippen molar-refractivity contribution in [3.8, 4) is 6.07 Å². The van der Waals surface area contributed by atoms with Crippen molar-refractivity contribution in [3.05, 3.63) is 57.4 Å². The predicted molar refractivity (Wildman–Crippen MR) is 106 cm³/mol. The van der Waals surface area contributed by atoms with Crippen LogP contribution in [-0.2, 0) is 10.2 Å². The Bertz CT molecular complexity index is 969. The molecule has 1 aliphatic carbocycles. The molecular weight excluding hydrogens is 362 g/mol. The third-order valence-corrected chi connectivity index (χ3v) is 5.40. The Labute approximate surface area is 162 Å². The first-order chi connectivity index (χ1) is 12.9. The molecule has 1 fully saturated rings. The minimum atomic E-state index is 0.0316. The maximum atomic E-state index is 11.0. The Morgan fingerprint density at radius 2 is 2.15 bits per heavy atom. The number of nitrogens with one attached hydrogen (secondary N) is 1. The molecule has 0 amide bonds. The van der Waals surface area contributed by atoms with Gasteiger partial charge in [-0.2, -0.15) is 5.26 Å². The topological polar surface area (TPSA) is 117 Å². The molecule has 0 unspecified atom stereocenters. The maximum Gasteiger partial charge on any atom is 0.185 e. The number of nitriles is 1. The van der Waals surface area contributed by atoms with E-state index in [0.29, 0.717) is 11.6 Å². The summed E-state index contributed by atoms with van der Waals surface area (Å²) in [5.74, 6) is 1.86. The van der Waals surface area contributed by atoms with Crippen molar-refractivity contribution in [3.63, 3.8) is 0 Å². The molecule has 1 aromatic rings. The highest BCUT2D eigenvalue weighted by molar-refractivity contribution is 6.31. The van der Waals surface area contributed by atoms with E-state index in [2.05, 4.69) is 10.3 Å². The Balaban J connectivity index is 1.90. The van der Waals surface area contributed by atoms with Crippen LogP contribution in [-0.4, -0.2) is 18.4 Å². The van der Waals surface area contributed by atoms with Gasteiger partial charge in [0.2, 0.25) is 0 Å². The quantitative estimate of drug-likeness (QED) is 0.411. The first kappa shape index (κ1) is 18.8. The van der Waals surface area contributed by atoms with Crippen molar-refractivity contribution in [2.45, 2.75) is 31.6 Å². The number of aliphatic imine (C=N–C) groups is 1. The SMILES string of the molecule is CC1=C(c2ccc(C3(CCN=C(N)N)CC3)c(Cl)c2)C=C(C#N)C(=C=O)N1. The van der Waals surface area contributed by atoms with Crippen LogP contribution in [0.4, 0.5) is 0 Å². The van der Waals surface area contributed by atoms with Crippen molar-refractivity contribution in [2.24, 2.45) is 16.5 Å². The summed E-state index contributed by atoms with van der Waals surface area (Å²) < 4.78 is 0. The summed E-state index contributed by atoms with van der Waals surface area (Å²) in [5.41, 5.74) is 14.8. The van der Waals surface area contributed by atoms with E-state index < -0.39 is 0 Å². The molecule has 5 N–H and O–H groups in total. The second kappa shape index (κ2) is 7.32. The molecule has 0 radical (unpaired) electrons. The second-order valence-corrected chi connectivity index (χ2v) is 7.25. The fourth-order valence-corrected chi connectivity index (χ4v) is 3.81. The van der Waals surface area contributed by atoms with Crippen LogP contribution >= 0.6 is 11.6 Å². The van der Waals surface area contributed by atoms with Crippen LogP contribution in [0, 0.1) is 11.3 Å². The molecule has 1 aliphatic heterocycles. The number of hydrogen-bond acceptors (Lipinski definition) is 4. The van der Waals surface area contributed by atoms with E-state index in [4.69, 9.17) is 23.1 Å². The first-order valence-electron chi connectivity index (χ1n) is 8.61. The summed E-state index contributed by atoms with van der Waals surface area (Å²) in [6.07, 6.45) is 4.64. The van der Waals surface area contributed by atoms with Gasteiger partial charge in [-0.05, 0) is 54.9 Å². The number of carbonyl (C=O) groups excluding carboxylic acids is 1. The van der Waals surface area contributed by atoms with E-state index in [9.17, 15) is 10.1 Å². The van der Waals surface area contributed by atoms with Crippen molar-refractivity contribution in [1.82, 2.24) is 5.32 Å². The van der Waals surface area contributed by atoms with Gasteiger partial charge in [-0.25, -0.2) is 4.79 Å². The largest absolute Gasteiger partial charge is 0.370 e. The smallest absolute Gasteiger partial charge is 0.185 e. The highest BCUT2D eigenvalue weighted by Crippen LogP contribution is 2.53. The molecule has 6 nitrogen and oxygen atoms in total. The number of nitrogens with zero attached hydrogens (tertiary/aromatic N) is 2. The average molecular weight is 382 g/mol. The van der Waals surface area contributed by atoms with E-state index in [0.717, 1.165) is 41.7 Å². The summed E-state index contributed by atoms with van der Waals surface area (Å²) >= 11 is 6.61. The molecular formula is C20H20ClN5O. The van der Waals surface area contributed by atoms with Crippen LogP contribution in [0.25, 0.3) is 5.57 Å². The zero-order valence-corrected chi connectivity index (χ0v) is 15.7. The van der Waals surface area contributed by atoms with Crippen molar-refractivity contribution < 1.29 is 4.79 Å². The van der Waals surface area contributed by atoms with Crippen LogP contribution < -0.4 is 16.8 Å². The molecule has 3 rings (SSSR count). The zero-order valence-electron chi connectivity index (χ0n) is 15.0. The summed E-state index contributed by atoms with van der Waals surface area (Å²) in [5, 5.41) is 12.9. The van der Waals surface area contributed by atoms with Crippen molar-refractivity contribution in [2.75, 3.05) is 6.54 Å². The number of rotatable bonds is 5. The molecule has 27 heavy (non-hydrogen) atoms. The van der Waals surface area contributed by atoms with Gasteiger partial charge in [0.15, 0.2) is 11.9 Å². The van der Waals surface area contributed by atoms with Crippen molar-refractivity contribution >= 4 is 29.1 Å². The molecule has 138 valence electrons. The van der Waals surface area contributed by atoms with Gasteiger partial charge < -0.3 is 16.8 Å². The number of allylic oxidation sites excluding steroid dienone is 4. The van der Waals surface area contributed by atoms with Crippen molar-refractivity contribution in [1.29, 1.82) is 5.26 Å². The molecule has 7 heteroatoms. The summed E-state index contributed by atoms with van der Waals surface area (Å²) in [6.45, 7) is 2.42. The second-order valence-electron chi connectivity index (χ2n) is 6.84. The number of hydrogen-bond donors (Lipinski definition) is 3. The lowest BCUT2D eigenvalue weighted by atomic mass is 9.89.